The van der Waals surface area contributed by atoms with Gasteiger partial charge in [0, 0.05) is 12.6 Å². The van der Waals surface area contributed by atoms with Crippen LogP contribution in [0.1, 0.15) is 23.1 Å². The van der Waals surface area contributed by atoms with Gasteiger partial charge in [-0.1, -0.05) is 23.2 Å². The zero-order valence-electron chi connectivity index (χ0n) is 6.16. The third-order valence-electron chi connectivity index (χ3n) is 1.41. The summed E-state index contributed by atoms with van der Waals surface area (Å²) < 4.78 is 0. The van der Waals surface area contributed by atoms with Crippen molar-refractivity contribution in [2.45, 2.75) is 13.8 Å². The minimum absolute atomic E-state index is 0.106. The second-order valence-corrected chi connectivity index (χ2v) is 3.07. The van der Waals surface area contributed by atoms with Crippen molar-refractivity contribution in [3.05, 3.63) is 21.4 Å². The summed E-state index contributed by atoms with van der Waals surface area (Å²) >= 11 is 11.5. The zero-order chi connectivity index (χ0) is 8.59. The van der Waals surface area contributed by atoms with E-state index in [2.05, 4.69) is 4.98 Å². The molecule has 0 aliphatic heterocycles. The lowest BCUT2D eigenvalue weighted by Gasteiger charge is -1.88. The van der Waals surface area contributed by atoms with Crippen LogP contribution in [-0.2, 0) is 0 Å². The van der Waals surface area contributed by atoms with Crippen LogP contribution < -0.4 is 0 Å². The van der Waals surface area contributed by atoms with Gasteiger partial charge in [0.05, 0.1) is 10.0 Å². The van der Waals surface area contributed by atoms with Crippen molar-refractivity contribution >= 4 is 29.0 Å². The van der Waals surface area contributed by atoms with Gasteiger partial charge in [-0.25, -0.2) is 0 Å². The van der Waals surface area contributed by atoms with Gasteiger partial charge in [0.15, 0.2) is 5.78 Å². The van der Waals surface area contributed by atoms with Crippen molar-refractivity contribution in [2.75, 3.05) is 0 Å². The lowest BCUT2D eigenvalue weighted by molar-refractivity contribution is 0.101. The number of nitrogens with one attached hydrogen (secondary N) is 1. The molecule has 0 unspecified atom stereocenters. The van der Waals surface area contributed by atoms with Gasteiger partial charge in [-0.3, -0.25) is 4.79 Å². The van der Waals surface area contributed by atoms with Crippen LogP contribution in [0.25, 0.3) is 0 Å². The first-order valence-corrected chi connectivity index (χ1v) is 3.84. The van der Waals surface area contributed by atoms with Crippen LogP contribution in [0.2, 0.25) is 10.0 Å². The van der Waals surface area contributed by atoms with E-state index in [9.17, 15) is 4.79 Å². The molecular weight excluding hydrogens is 185 g/mol. The average molecular weight is 192 g/mol. The van der Waals surface area contributed by atoms with E-state index in [0.717, 1.165) is 5.69 Å². The molecule has 0 saturated carbocycles. The average Bonchev–Trinajstić information content (AvgIpc) is 2.17. The van der Waals surface area contributed by atoms with Gasteiger partial charge in [0.1, 0.15) is 5.69 Å². The number of aryl methyl sites for hydroxylation is 1. The Morgan fingerprint density at radius 2 is 1.91 bits per heavy atom. The number of H-pyrrole nitrogens is 1. The second-order valence-electron chi connectivity index (χ2n) is 2.31. The molecule has 1 N–H and O–H groups in total. The molecule has 0 saturated heterocycles. The molecular formula is C7H7Cl2NO. The fraction of sp³-hybridized carbons (Fsp3) is 0.286. The van der Waals surface area contributed by atoms with E-state index in [0.29, 0.717) is 15.7 Å². The van der Waals surface area contributed by atoms with Gasteiger partial charge >= 0.3 is 0 Å². The number of carbonyl (C=O) groups is 1. The Labute approximate surface area is 74.5 Å². The first-order chi connectivity index (χ1) is 5.04. The Kier molecular flexibility index (Phi) is 2.25. The molecule has 1 rings (SSSR count). The topological polar surface area (TPSA) is 32.9 Å². The van der Waals surface area contributed by atoms with Gasteiger partial charge in [-0.15, -0.1) is 0 Å². The molecule has 0 bridgehead atoms. The highest BCUT2D eigenvalue weighted by atomic mass is 35.5. The standard InChI is InChI=1S/C7H7Cl2NO/c1-3-5(8)6(9)7(10-3)4(2)11/h10H,1-2H3. The second kappa shape index (κ2) is 2.88. The normalized spacial score (nSPS) is 10.2. The molecule has 0 radical (unpaired) electrons. The van der Waals surface area contributed by atoms with Crippen molar-refractivity contribution in [2.24, 2.45) is 0 Å². The first-order valence-electron chi connectivity index (χ1n) is 3.08. The van der Waals surface area contributed by atoms with Crippen molar-refractivity contribution in [3.63, 3.8) is 0 Å². The molecule has 2 nitrogen and oxygen atoms in total. The highest BCUT2D eigenvalue weighted by Crippen LogP contribution is 2.28. The van der Waals surface area contributed by atoms with Crippen molar-refractivity contribution < 1.29 is 4.79 Å². The Balaban J connectivity index is 3.29. The summed E-state index contributed by atoms with van der Waals surface area (Å²) in [6, 6.07) is 0. The Morgan fingerprint density at radius 3 is 2.09 bits per heavy atom. The van der Waals surface area contributed by atoms with E-state index < -0.39 is 0 Å². The highest BCUT2D eigenvalue weighted by molar-refractivity contribution is 6.44. The van der Waals surface area contributed by atoms with E-state index in [1.165, 1.54) is 6.92 Å². The third kappa shape index (κ3) is 1.42. The maximum Gasteiger partial charge on any atom is 0.177 e. The summed E-state index contributed by atoms with van der Waals surface area (Å²) in [6.45, 7) is 3.20. The summed E-state index contributed by atoms with van der Waals surface area (Å²) in [5, 5.41) is 0.744. The summed E-state index contributed by atoms with van der Waals surface area (Å²) in [5.41, 5.74) is 1.11. The van der Waals surface area contributed by atoms with Crippen LogP contribution in [0.3, 0.4) is 0 Å². The molecule has 0 spiro atoms. The van der Waals surface area contributed by atoms with Gasteiger partial charge in [0.2, 0.25) is 0 Å². The Hall–Kier alpha value is -0.470. The highest BCUT2D eigenvalue weighted by Gasteiger charge is 2.13. The Bertz CT molecular complexity index is 304. The molecule has 0 aliphatic rings. The lowest BCUT2D eigenvalue weighted by atomic mass is 10.3. The zero-order valence-corrected chi connectivity index (χ0v) is 7.68. The van der Waals surface area contributed by atoms with E-state index in [-0.39, 0.29) is 5.78 Å². The molecule has 4 heteroatoms. The van der Waals surface area contributed by atoms with Gasteiger partial charge < -0.3 is 4.98 Å². The van der Waals surface area contributed by atoms with Gasteiger partial charge in [-0.05, 0) is 6.92 Å². The molecule has 0 aliphatic carbocycles. The molecule has 0 amide bonds. The number of hydrogen-bond acceptors (Lipinski definition) is 1. The number of aromatic nitrogens is 1. The third-order valence-corrected chi connectivity index (χ3v) is 2.35. The fourth-order valence-corrected chi connectivity index (χ4v) is 1.28. The SMILES string of the molecule is CC(=O)c1[nH]c(C)c(Cl)c1Cl. The van der Waals surface area contributed by atoms with Gasteiger partial charge in [-0.2, -0.15) is 0 Å². The predicted molar refractivity (Wildman–Crippen MR) is 45.6 cm³/mol. The van der Waals surface area contributed by atoms with Crippen LogP contribution in [0, 0.1) is 6.92 Å². The van der Waals surface area contributed by atoms with Crippen LogP contribution >= 0.6 is 23.2 Å². The first kappa shape index (κ1) is 8.62. The molecule has 1 aromatic rings. The fourth-order valence-electron chi connectivity index (χ4n) is 0.814. The van der Waals surface area contributed by atoms with Crippen LogP contribution in [0.15, 0.2) is 0 Å². The lowest BCUT2D eigenvalue weighted by Crippen LogP contribution is -1.92. The van der Waals surface area contributed by atoms with Gasteiger partial charge in [0.25, 0.3) is 0 Å². The van der Waals surface area contributed by atoms with Crippen LogP contribution in [0.5, 0.6) is 0 Å². The molecule has 1 heterocycles. The number of Topliss-reactive ketones (excluding diaryl/α,β-unsaturated/α-hetero) is 1. The molecule has 1 aromatic heterocycles. The monoisotopic (exact) mass is 191 g/mol. The number of ketones is 1. The maximum absolute atomic E-state index is 10.9. The number of halogens is 2. The number of aromatic amines is 1. The number of carbonyl (C=O) groups excluding carboxylic acids is 1. The minimum Gasteiger partial charge on any atom is -0.354 e. The molecule has 60 valence electrons. The van der Waals surface area contributed by atoms with Crippen molar-refractivity contribution in [3.8, 4) is 0 Å². The van der Waals surface area contributed by atoms with Crippen molar-refractivity contribution in [1.82, 2.24) is 4.98 Å². The van der Waals surface area contributed by atoms with Crippen LogP contribution in [-0.4, -0.2) is 10.8 Å². The molecule has 0 aromatic carbocycles. The predicted octanol–water partition coefficient (Wildman–Crippen LogP) is 2.83. The Morgan fingerprint density at radius 1 is 1.36 bits per heavy atom. The summed E-state index contributed by atoms with van der Waals surface area (Å²) in [7, 11) is 0. The molecule has 0 fully saturated rings. The van der Waals surface area contributed by atoms with E-state index in [1.54, 1.807) is 6.92 Å². The summed E-state index contributed by atoms with van der Waals surface area (Å²) in [6.07, 6.45) is 0. The maximum atomic E-state index is 10.9. The molecule has 0 atom stereocenters. The smallest absolute Gasteiger partial charge is 0.177 e. The molecule has 11 heavy (non-hydrogen) atoms. The van der Waals surface area contributed by atoms with Crippen LogP contribution in [0.4, 0.5) is 0 Å². The minimum atomic E-state index is -0.106. The largest absolute Gasteiger partial charge is 0.354 e. The summed E-state index contributed by atoms with van der Waals surface area (Å²) in [5.74, 6) is -0.106. The van der Waals surface area contributed by atoms with Crippen molar-refractivity contribution in [1.29, 1.82) is 0 Å². The summed E-state index contributed by atoms with van der Waals surface area (Å²) in [4.78, 5) is 13.7. The van der Waals surface area contributed by atoms with E-state index in [4.69, 9.17) is 23.2 Å². The quantitative estimate of drug-likeness (QED) is 0.681. The number of hydrogen-bond donors (Lipinski definition) is 1. The van der Waals surface area contributed by atoms with E-state index >= 15 is 0 Å². The van der Waals surface area contributed by atoms with E-state index in [1.807, 2.05) is 0 Å². The number of rotatable bonds is 1.